The molecular weight excluding hydrogens is 160 g/mol. The first kappa shape index (κ1) is 8.99. The molecule has 5 nitrogen and oxygen atoms in total. The highest BCUT2D eigenvalue weighted by Crippen LogP contribution is 2.12. The van der Waals surface area contributed by atoms with Crippen LogP contribution in [0.2, 0.25) is 0 Å². The van der Waals surface area contributed by atoms with Crippen molar-refractivity contribution in [3.8, 4) is 0 Å². The molecule has 0 aromatic heterocycles. The van der Waals surface area contributed by atoms with Crippen molar-refractivity contribution < 1.29 is 14.7 Å². The molecule has 1 aliphatic rings. The molecule has 0 aliphatic carbocycles. The Kier molecular flexibility index (Phi) is 2.65. The van der Waals surface area contributed by atoms with Gasteiger partial charge in [-0.2, -0.15) is 0 Å². The van der Waals surface area contributed by atoms with E-state index in [1.54, 1.807) is 0 Å². The Balaban J connectivity index is 2.69. The van der Waals surface area contributed by atoms with Gasteiger partial charge in [-0.1, -0.05) is 0 Å². The summed E-state index contributed by atoms with van der Waals surface area (Å²) in [5, 5.41) is 14.2. The molecule has 0 aromatic rings. The van der Waals surface area contributed by atoms with Crippen LogP contribution in [0.3, 0.4) is 0 Å². The molecule has 0 bridgehead atoms. The minimum absolute atomic E-state index is 0.395. The Hall–Kier alpha value is -1.10. The second-order valence-electron chi connectivity index (χ2n) is 2.74. The van der Waals surface area contributed by atoms with Gasteiger partial charge in [0.05, 0.1) is 6.10 Å². The maximum atomic E-state index is 11.1. The predicted octanol–water partition coefficient (Wildman–Crippen LogP) is -1.77. The van der Waals surface area contributed by atoms with Crippen LogP contribution in [0.4, 0.5) is 0 Å². The van der Waals surface area contributed by atoms with Gasteiger partial charge in [0.2, 0.25) is 11.8 Å². The molecule has 0 radical (unpaired) electrons. The van der Waals surface area contributed by atoms with E-state index in [0.29, 0.717) is 13.0 Å². The number of piperidine rings is 1. The third-order valence-electron chi connectivity index (χ3n) is 1.94. The number of aliphatic hydroxyl groups is 1. The molecule has 68 valence electrons. The summed E-state index contributed by atoms with van der Waals surface area (Å²) >= 11 is 0. The fraction of sp³-hybridized carbons (Fsp3) is 0.714. The molecule has 3 N–H and O–H groups in total. The zero-order valence-electron chi connectivity index (χ0n) is 6.83. The van der Waals surface area contributed by atoms with Gasteiger partial charge in [0.1, 0.15) is 5.92 Å². The molecule has 2 amide bonds. The Morgan fingerprint density at radius 2 is 2.42 bits per heavy atom. The summed E-state index contributed by atoms with van der Waals surface area (Å²) in [6.45, 7) is 0.438. The van der Waals surface area contributed by atoms with Crippen LogP contribution in [-0.4, -0.2) is 36.6 Å². The maximum Gasteiger partial charge on any atom is 0.235 e. The van der Waals surface area contributed by atoms with E-state index in [1.165, 1.54) is 7.05 Å². The van der Waals surface area contributed by atoms with Gasteiger partial charge in [-0.3, -0.25) is 9.59 Å². The summed E-state index contributed by atoms with van der Waals surface area (Å²) in [4.78, 5) is 22.1. The lowest BCUT2D eigenvalue weighted by molar-refractivity contribution is -0.142. The average molecular weight is 172 g/mol. The number of rotatable bonds is 1. The summed E-state index contributed by atoms with van der Waals surface area (Å²) in [7, 11) is 1.44. The maximum absolute atomic E-state index is 11.1. The zero-order valence-corrected chi connectivity index (χ0v) is 6.83. The topological polar surface area (TPSA) is 78.4 Å². The number of aliphatic hydroxyl groups excluding tert-OH is 1. The highest BCUT2D eigenvalue weighted by Gasteiger charge is 2.35. The number of hydrogen-bond donors (Lipinski definition) is 3. The molecule has 2 unspecified atom stereocenters. The second-order valence-corrected chi connectivity index (χ2v) is 2.74. The van der Waals surface area contributed by atoms with Crippen molar-refractivity contribution in [3.05, 3.63) is 0 Å². The smallest absolute Gasteiger partial charge is 0.235 e. The number of hydrogen-bond acceptors (Lipinski definition) is 3. The number of carbonyl (C=O) groups excluding carboxylic acids is 2. The first-order valence-corrected chi connectivity index (χ1v) is 3.84. The van der Waals surface area contributed by atoms with Gasteiger partial charge in [-0.15, -0.1) is 0 Å². The third kappa shape index (κ3) is 1.55. The SMILES string of the molecule is CNC(=O)C1C(=O)NCCC1O. The molecule has 1 saturated heterocycles. The molecule has 1 aliphatic heterocycles. The lowest BCUT2D eigenvalue weighted by Crippen LogP contribution is -2.51. The Morgan fingerprint density at radius 1 is 1.75 bits per heavy atom. The van der Waals surface area contributed by atoms with E-state index in [1.807, 2.05) is 0 Å². The zero-order chi connectivity index (χ0) is 9.14. The average Bonchev–Trinajstić information content (AvgIpc) is 2.03. The molecule has 5 heteroatoms. The molecule has 1 fully saturated rings. The molecule has 1 heterocycles. The first-order chi connectivity index (χ1) is 5.66. The molecule has 1 rings (SSSR count). The molecule has 0 saturated carbocycles. The quantitative estimate of drug-likeness (QED) is 0.409. The third-order valence-corrected chi connectivity index (χ3v) is 1.94. The van der Waals surface area contributed by atoms with E-state index in [4.69, 9.17) is 0 Å². The lowest BCUT2D eigenvalue weighted by Gasteiger charge is -2.25. The van der Waals surface area contributed by atoms with Crippen LogP contribution in [0.25, 0.3) is 0 Å². The van der Waals surface area contributed by atoms with Crippen molar-refractivity contribution in [1.82, 2.24) is 10.6 Å². The molecule has 2 atom stereocenters. The molecular formula is C7H12N2O3. The summed E-state index contributed by atoms with van der Waals surface area (Å²) in [5.41, 5.74) is 0. The molecule has 0 spiro atoms. The van der Waals surface area contributed by atoms with Gasteiger partial charge in [-0.05, 0) is 6.42 Å². The van der Waals surface area contributed by atoms with E-state index in [0.717, 1.165) is 0 Å². The minimum Gasteiger partial charge on any atom is -0.392 e. The van der Waals surface area contributed by atoms with Gasteiger partial charge < -0.3 is 15.7 Å². The number of nitrogens with one attached hydrogen (secondary N) is 2. The Labute approximate surface area is 70.1 Å². The van der Waals surface area contributed by atoms with E-state index in [2.05, 4.69) is 10.6 Å². The first-order valence-electron chi connectivity index (χ1n) is 3.84. The highest BCUT2D eigenvalue weighted by atomic mass is 16.3. The Bertz CT molecular complexity index is 197. The van der Waals surface area contributed by atoms with Crippen molar-refractivity contribution in [2.45, 2.75) is 12.5 Å². The highest BCUT2D eigenvalue weighted by molar-refractivity contribution is 6.01. The van der Waals surface area contributed by atoms with Gasteiger partial charge in [0.15, 0.2) is 0 Å². The number of carbonyl (C=O) groups is 2. The van der Waals surface area contributed by atoms with E-state index >= 15 is 0 Å². The summed E-state index contributed by atoms with van der Waals surface area (Å²) in [5.74, 6) is -1.77. The van der Waals surface area contributed by atoms with Crippen LogP contribution < -0.4 is 10.6 Å². The summed E-state index contributed by atoms with van der Waals surface area (Å²) in [6, 6.07) is 0. The minimum atomic E-state index is -0.941. The van der Waals surface area contributed by atoms with E-state index in [9.17, 15) is 14.7 Å². The van der Waals surface area contributed by atoms with Crippen LogP contribution in [0.1, 0.15) is 6.42 Å². The second kappa shape index (κ2) is 3.53. The summed E-state index contributed by atoms with van der Waals surface area (Å²) < 4.78 is 0. The summed E-state index contributed by atoms with van der Waals surface area (Å²) in [6.07, 6.45) is -0.414. The monoisotopic (exact) mass is 172 g/mol. The van der Waals surface area contributed by atoms with Gasteiger partial charge in [-0.25, -0.2) is 0 Å². The largest absolute Gasteiger partial charge is 0.392 e. The molecule has 0 aromatic carbocycles. The fourth-order valence-electron chi connectivity index (χ4n) is 1.24. The van der Waals surface area contributed by atoms with Crippen LogP contribution >= 0.6 is 0 Å². The predicted molar refractivity (Wildman–Crippen MR) is 41.2 cm³/mol. The molecule has 12 heavy (non-hydrogen) atoms. The van der Waals surface area contributed by atoms with E-state index in [-0.39, 0.29) is 0 Å². The van der Waals surface area contributed by atoms with Gasteiger partial charge in [0, 0.05) is 13.6 Å². The van der Waals surface area contributed by atoms with Crippen LogP contribution in [0.15, 0.2) is 0 Å². The van der Waals surface area contributed by atoms with Gasteiger partial charge in [0.25, 0.3) is 0 Å². The van der Waals surface area contributed by atoms with Crippen molar-refractivity contribution >= 4 is 11.8 Å². The normalized spacial score (nSPS) is 29.3. The van der Waals surface area contributed by atoms with E-state index < -0.39 is 23.8 Å². The van der Waals surface area contributed by atoms with Crippen molar-refractivity contribution in [1.29, 1.82) is 0 Å². The Morgan fingerprint density at radius 3 is 2.92 bits per heavy atom. The number of amides is 2. The van der Waals surface area contributed by atoms with Crippen LogP contribution in [0, 0.1) is 5.92 Å². The van der Waals surface area contributed by atoms with Crippen molar-refractivity contribution in [3.63, 3.8) is 0 Å². The fourth-order valence-corrected chi connectivity index (χ4v) is 1.24. The van der Waals surface area contributed by atoms with Gasteiger partial charge >= 0.3 is 0 Å². The van der Waals surface area contributed by atoms with Crippen LogP contribution in [-0.2, 0) is 9.59 Å². The van der Waals surface area contributed by atoms with Crippen molar-refractivity contribution in [2.75, 3.05) is 13.6 Å². The van der Waals surface area contributed by atoms with Crippen LogP contribution in [0.5, 0.6) is 0 Å². The van der Waals surface area contributed by atoms with Crippen molar-refractivity contribution in [2.24, 2.45) is 5.92 Å². The standard InChI is InChI=1S/C7H12N2O3/c1-8-6(11)5-4(10)2-3-9-7(5)12/h4-5,10H,2-3H2,1H3,(H,8,11)(H,9,12). The lowest BCUT2D eigenvalue weighted by atomic mass is 9.94.